The van der Waals surface area contributed by atoms with Crippen LogP contribution in [0.4, 0.5) is 0 Å². The first-order chi connectivity index (χ1) is 10.5. The highest BCUT2D eigenvalue weighted by Crippen LogP contribution is 2.29. The molecule has 0 aliphatic heterocycles. The average molecular weight is 421 g/mol. The molecule has 1 heterocycles. The lowest BCUT2D eigenvalue weighted by atomic mass is 10.1. The standard InChI is InChI=1S/C17H15Br2N3/c1-10-7-15(19)8-11(2)16(10)22-17(20-12(3)21-22)13-5-4-6-14(18)9-13/h4-9H,1-3H3. The molecular weight excluding hydrogens is 406 g/mol. The van der Waals surface area contributed by atoms with Gasteiger partial charge < -0.3 is 0 Å². The number of aryl methyl sites for hydroxylation is 3. The summed E-state index contributed by atoms with van der Waals surface area (Å²) in [6, 6.07) is 12.3. The van der Waals surface area contributed by atoms with Crippen molar-refractivity contribution in [2.45, 2.75) is 20.8 Å². The van der Waals surface area contributed by atoms with Gasteiger partial charge in [-0.15, -0.1) is 0 Å². The van der Waals surface area contributed by atoms with E-state index in [9.17, 15) is 0 Å². The molecule has 0 saturated carbocycles. The first kappa shape index (κ1) is 15.4. The molecule has 5 heteroatoms. The molecular formula is C17H15Br2N3. The molecule has 0 spiro atoms. The molecule has 0 aliphatic rings. The summed E-state index contributed by atoms with van der Waals surface area (Å²) in [4.78, 5) is 4.62. The number of hydrogen-bond donors (Lipinski definition) is 0. The minimum absolute atomic E-state index is 0.761. The van der Waals surface area contributed by atoms with E-state index in [2.05, 4.69) is 74.0 Å². The zero-order valence-electron chi connectivity index (χ0n) is 12.6. The summed E-state index contributed by atoms with van der Waals surface area (Å²) in [7, 11) is 0. The predicted molar refractivity (Wildman–Crippen MR) is 96.4 cm³/mol. The highest BCUT2D eigenvalue weighted by molar-refractivity contribution is 9.10. The Balaban J connectivity index is 2.26. The molecule has 1 aromatic heterocycles. The molecule has 3 aromatic rings. The Morgan fingerprint density at radius 2 is 1.59 bits per heavy atom. The number of benzene rings is 2. The van der Waals surface area contributed by atoms with Crippen LogP contribution in [0.3, 0.4) is 0 Å². The van der Waals surface area contributed by atoms with E-state index in [1.165, 1.54) is 0 Å². The van der Waals surface area contributed by atoms with Crippen LogP contribution in [-0.2, 0) is 0 Å². The normalized spacial score (nSPS) is 11.0. The molecule has 0 N–H and O–H groups in total. The van der Waals surface area contributed by atoms with E-state index in [4.69, 9.17) is 0 Å². The smallest absolute Gasteiger partial charge is 0.163 e. The Bertz CT molecular complexity index is 830. The number of rotatable bonds is 2. The first-order valence-electron chi connectivity index (χ1n) is 6.92. The number of nitrogens with zero attached hydrogens (tertiary/aromatic N) is 3. The molecule has 3 nitrogen and oxygen atoms in total. The van der Waals surface area contributed by atoms with E-state index >= 15 is 0 Å². The van der Waals surface area contributed by atoms with E-state index in [-0.39, 0.29) is 0 Å². The number of halogens is 2. The second kappa shape index (κ2) is 5.97. The Morgan fingerprint density at radius 3 is 2.23 bits per heavy atom. The fraction of sp³-hybridized carbons (Fsp3) is 0.176. The molecule has 0 saturated heterocycles. The van der Waals surface area contributed by atoms with Crippen molar-refractivity contribution in [2.75, 3.05) is 0 Å². The van der Waals surface area contributed by atoms with Gasteiger partial charge in [0.1, 0.15) is 5.82 Å². The Hall–Kier alpha value is -1.46. The topological polar surface area (TPSA) is 30.7 Å². The summed E-state index contributed by atoms with van der Waals surface area (Å²) in [5, 5.41) is 4.61. The van der Waals surface area contributed by atoms with Gasteiger partial charge in [-0.25, -0.2) is 9.67 Å². The van der Waals surface area contributed by atoms with Gasteiger partial charge in [-0.05, 0) is 56.2 Å². The summed E-state index contributed by atoms with van der Waals surface area (Å²) in [6.45, 7) is 6.10. The van der Waals surface area contributed by atoms with Crippen molar-refractivity contribution in [2.24, 2.45) is 0 Å². The lowest BCUT2D eigenvalue weighted by Gasteiger charge is -2.13. The van der Waals surface area contributed by atoms with Gasteiger partial charge in [0.2, 0.25) is 0 Å². The minimum atomic E-state index is 0.761. The third kappa shape index (κ3) is 2.88. The van der Waals surface area contributed by atoms with Crippen LogP contribution in [0, 0.1) is 20.8 Å². The highest BCUT2D eigenvalue weighted by Gasteiger charge is 2.16. The van der Waals surface area contributed by atoms with Crippen molar-refractivity contribution in [1.82, 2.24) is 14.8 Å². The van der Waals surface area contributed by atoms with Gasteiger partial charge in [-0.1, -0.05) is 44.0 Å². The molecule has 0 aliphatic carbocycles. The molecule has 0 fully saturated rings. The van der Waals surface area contributed by atoms with Crippen LogP contribution >= 0.6 is 31.9 Å². The minimum Gasteiger partial charge on any atom is -0.212 e. The zero-order chi connectivity index (χ0) is 15.9. The van der Waals surface area contributed by atoms with E-state index in [1.54, 1.807) is 0 Å². The van der Waals surface area contributed by atoms with Crippen LogP contribution in [0.1, 0.15) is 17.0 Å². The first-order valence-corrected chi connectivity index (χ1v) is 8.51. The van der Waals surface area contributed by atoms with Gasteiger partial charge >= 0.3 is 0 Å². The van der Waals surface area contributed by atoms with Crippen molar-refractivity contribution in [1.29, 1.82) is 0 Å². The molecule has 3 rings (SSSR count). The summed E-state index contributed by atoms with van der Waals surface area (Å²) in [6.07, 6.45) is 0. The van der Waals surface area contributed by atoms with Crippen LogP contribution in [0.25, 0.3) is 17.1 Å². The summed E-state index contributed by atoms with van der Waals surface area (Å²) >= 11 is 7.07. The number of hydrogen-bond acceptors (Lipinski definition) is 2. The van der Waals surface area contributed by atoms with Crippen molar-refractivity contribution >= 4 is 31.9 Å². The van der Waals surface area contributed by atoms with Crippen LogP contribution in [0.5, 0.6) is 0 Å². The quantitative estimate of drug-likeness (QED) is 0.556. The van der Waals surface area contributed by atoms with E-state index < -0.39 is 0 Å². The van der Waals surface area contributed by atoms with Crippen LogP contribution in [0.2, 0.25) is 0 Å². The molecule has 0 unspecified atom stereocenters. The molecule has 0 amide bonds. The van der Waals surface area contributed by atoms with Crippen LogP contribution in [0.15, 0.2) is 45.3 Å². The van der Waals surface area contributed by atoms with Crippen molar-refractivity contribution in [3.05, 3.63) is 62.3 Å². The lowest BCUT2D eigenvalue weighted by Crippen LogP contribution is -2.04. The second-order valence-corrected chi connectivity index (χ2v) is 7.12. The van der Waals surface area contributed by atoms with Gasteiger partial charge in [0, 0.05) is 14.5 Å². The van der Waals surface area contributed by atoms with Gasteiger partial charge in [0.25, 0.3) is 0 Å². The fourth-order valence-corrected chi connectivity index (χ4v) is 3.71. The van der Waals surface area contributed by atoms with Crippen molar-refractivity contribution in [3.63, 3.8) is 0 Å². The maximum atomic E-state index is 4.62. The largest absolute Gasteiger partial charge is 0.212 e. The summed E-state index contributed by atoms with van der Waals surface area (Å²) < 4.78 is 4.04. The second-order valence-electron chi connectivity index (χ2n) is 5.29. The lowest BCUT2D eigenvalue weighted by molar-refractivity contribution is 0.854. The van der Waals surface area contributed by atoms with Gasteiger partial charge in [0.05, 0.1) is 5.69 Å². The van der Waals surface area contributed by atoms with E-state index in [1.807, 2.05) is 29.8 Å². The third-order valence-electron chi connectivity index (χ3n) is 3.46. The van der Waals surface area contributed by atoms with Crippen LogP contribution < -0.4 is 0 Å². The molecule has 0 bridgehead atoms. The van der Waals surface area contributed by atoms with E-state index in [0.29, 0.717) is 0 Å². The molecule has 112 valence electrons. The maximum Gasteiger partial charge on any atom is 0.163 e. The Kier molecular flexibility index (Phi) is 4.19. The van der Waals surface area contributed by atoms with Crippen LogP contribution in [-0.4, -0.2) is 14.8 Å². The third-order valence-corrected chi connectivity index (χ3v) is 4.41. The number of aromatic nitrogens is 3. The molecule has 2 aromatic carbocycles. The molecule has 0 radical (unpaired) electrons. The fourth-order valence-electron chi connectivity index (χ4n) is 2.62. The maximum absolute atomic E-state index is 4.62. The van der Waals surface area contributed by atoms with Gasteiger partial charge in [0.15, 0.2) is 5.82 Å². The average Bonchev–Trinajstić information content (AvgIpc) is 2.79. The zero-order valence-corrected chi connectivity index (χ0v) is 15.7. The Labute approximate surface area is 146 Å². The summed E-state index contributed by atoms with van der Waals surface area (Å²) in [5.41, 5.74) is 4.44. The molecule has 0 atom stereocenters. The Morgan fingerprint density at radius 1 is 0.909 bits per heavy atom. The highest BCUT2D eigenvalue weighted by atomic mass is 79.9. The molecule has 22 heavy (non-hydrogen) atoms. The van der Waals surface area contributed by atoms with Crippen molar-refractivity contribution < 1.29 is 0 Å². The van der Waals surface area contributed by atoms with E-state index in [0.717, 1.165) is 43.0 Å². The summed E-state index contributed by atoms with van der Waals surface area (Å²) in [5.74, 6) is 1.61. The van der Waals surface area contributed by atoms with Crippen molar-refractivity contribution in [3.8, 4) is 17.1 Å². The monoisotopic (exact) mass is 419 g/mol. The van der Waals surface area contributed by atoms with Gasteiger partial charge in [-0.3, -0.25) is 0 Å². The SMILES string of the molecule is Cc1nc(-c2cccc(Br)c2)n(-c2c(C)cc(Br)cc2C)n1. The predicted octanol–water partition coefficient (Wildman–Crippen LogP) is 5.38. The van der Waals surface area contributed by atoms with Gasteiger partial charge in [-0.2, -0.15) is 5.10 Å².